The van der Waals surface area contributed by atoms with E-state index in [0.717, 1.165) is 23.2 Å². The molecule has 4 aliphatic rings. The van der Waals surface area contributed by atoms with Crippen molar-refractivity contribution < 1.29 is 37.6 Å². The van der Waals surface area contributed by atoms with Crippen molar-refractivity contribution in [3.05, 3.63) is 63.2 Å². The first-order chi connectivity index (χ1) is 18.2. The summed E-state index contributed by atoms with van der Waals surface area (Å²) >= 11 is 0. The monoisotopic (exact) mass is 545 g/mol. The van der Waals surface area contributed by atoms with E-state index < -0.39 is 19.4 Å². The Labute approximate surface area is 221 Å². The van der Waals surface area contributed by atoms with Crippen LogP contribution in [0.25, 0.3) is 5.76 Å². The van der Waals surface area contributed by atoms with Crippen LogP contribution in [0.2, 0.25) is 0 Å². The topological polar surface area (TPSA) is 127 Å². The summed E-state index contributed by atoms with van der Waals surface area (Å²) in [6.45, 7) is -0.552. The molecule has 0 radical (unpaired) electrons. The molecule has 1 atom stereocenters. The van der Waals surface area contributed by atoms with E-state index in [4.69, 9.17) is 23.3 Å². The van der Waals surface area contributed by atoms with Crippen LogP contribution in [0.15, 0.2) is 42.0 Å². The average Bonchev–Trinajstić information content (AvgIpc) is 2.88. The number of hydrogen-bond acceptors (Lipinski definition) is 8. The van der Waals surface area contributed by atoms with Crippen LogP contribution >= 0.6 is 7.82 Å². The number of phosphoric acid groups is 1. The first-order valence-corrected chi connectivity index (χ1v) is 14.2. The van der Waals surface area contributed by atoms with Crippen LogP contribution < -0.4 is 14.0 Å². The number of ether oxygens (including phenoxy) is 3. The van der Waals surface area contributed by atoms with Gasteiger partial charge in [-0.25, -0.2) is 4.57 Å². The summed E-state index contributed by atoms with van der Waals surface area (Å²) in [6, 6.07) is 9.37. The van der Waals surface area contributed by atoms with Crippen LogP contribution in [-0.4, -0.2) is 31.1 Å². The molecule has 204 valence electrons. The Morgan fingerprint density at radius 2 is 1.63 bits per heavy atom. The minimum atomic E-state index is -4.64. The summed E-state index contributed by atoms with van der Waals surface area (Å²) < 4.78 is 39.5. The number of methoxy groups -OCH3 is 3. The summed E-state index contributed by atoms with van der Waals surface area (Å²) in [4.78, 5) is 21.3. The number of nitro benzene ring substituents is 1. The van der Waals surface area contributed by atoms with Crippen molar-refractivity contribution in [1.82, 2.24) is 0 Å². The van der Waals surface area contributed by atoms with Gasteiger partial charge in [0.05, 0.1) is 44.5 Å². The number of allylic oxidation sites excluding steroid dienone is 1. The lowest BCUT2D eigenvalue weighted by Crippen LogP contribution is -2.40. The highest BCUT2D eigenvalue weighted by Crippen LogP contribution is 2.58. The SMILES string of the molecule is COC(=C1C2CC3CC(C2)CC1C3)c1cccc(OP(=O)(O)OCc2cc(OC)c(OC)cc2[N+](=O)[O-])c1. The molecule has 2 aromatic carbocycles. The lowest BCUT2D eigenvalue weighted by molar-refractivity contribution is -0.385. The molecule has 11 heteroatoms. The third-order valence-electron chi connectivity index (χ3n) is 7.97. The van der Waals surface area contributed by atoms with E-state index in [9.17, 15) is 19.6 Å². The standard InChI is InChI=1S/C27H32NO9P/c1-33-24-13-21(23(28(29)30)14-25(24)34-2)15-36-38(31,32)37-22-6-4-5-18(12-22)27(35-3)26-19-8-16-7-17(10-19)11-20(26)9-16/h4-6,12-14,16-17,19-20H,7-11,15H2,1-3H3,(H,31,32). The molecule has 4 aliphatic carbocycles. The second-order valence-corrected chi connectivity index (χ2v) is 11.6. The van der Waals surface area contributed by atoms with Crippen molar-refractivity contribution >= 4 is 19.3 Å². The fraction of sp³-hybridized carbons (Fsp3) is 0.481. The highest BCUT2D eigenvalue weighted by atomic mass is 31.2. The minimum Gasteiger partial charge on any atom is -0.496 e. The smallest absolute Gasteiger partial charge is 0.496 e. The summed E-state index contributed by atoms with van der Waals surface area (Å²) in [7, 11) is -0.232. The summed E-state index contributed by atoms with van der Waals surface area (Å²) in [6.07, 6.45) is 6.16. The molecule has 0 heterocycles. The molecule has 6 rings (SSSR count). The van der Waals surface area contributed by atoms with Crippen molar-refractivity contribution in [2.24, 2.45) is 23.7 Å². The zero-order valence-corrected chi connectivity index (χ0v) is 22.5. The zero-order valence-electron chi connectivity index (χ0n) is 21.6. The molecule has 4 bridgehead atoms. The van der Waals surface area contributed by atoms with Crippen molar-refractivity contribution in [1.29, 1.82) is 0 Å². The number of benzene rings is 2. The van der Waals surface area contributed by atoms with Gasteiger partial charge in [-0.05, 0) is 79.5 Å². The molecule has 0 aliphatic heterocycles. The fourth-order valence-corrected chi connectivity index (χ4v) is 7.40. The molecule has 0 aromatic heterocycles. The van der Waals surface area contributed by atoms with Gasteiger partial charge >= 0.3 is 7.82 Å². The van der Waals surface area contributed by atoms with Crippen LogP contribution in [0.4, 0.5) is 5.69 Å². The van der Waals surface area contributed by atoms with E-state index in [-0.39, 0.29) is 28.5 Å². The zero-order chi connectivity index (χ0) is 27.0. The highest BCUT2D eigenvalue weighted by Gasteiger charge is 2.46. The van der Waals surface area contributed by atoms with Crippen LogP contribution in [0.3, 0.4) is 0 Å². The summed E-state index contributed by atoms with van der Waals surface area (Å²) in [5.74, 6) is 4.01. The van der Waals surface area contributed by atoms with E-state index >= 15 is 0 Å². The van der Waals surface area contributed by atoms with Gasteiger partial charge in [-0.2, -0.15) is 0 Å². The Kier molecular flexibility index (Phi) is 7.40. The predicted molar refractivity (Wildman–Crippen MR) is 139 cm³/mol. The average molecular weight is 546 g/mol. The predicted octanol–water partition coefficient (Wildman–Crippen LogP) is 6.12. The van der Waals surface area contributed by atoms with Crippen molar-refractivity contribution in [3.8, 4) is 17.2 Å². The molecule has 4 fully saturated rings. The van der Waals surface area contributed by atoms with Crippen molar-refractivity contribution in [2.45, 2.75) is 38.7 Å². The molecular formula is C27H32NO9P. The molecule has 4 saturated carbocycles. The first-order valence-electron chi connectivity index (χ1n) is 12.7. The van der Waals surface area contributed by atoms with Gasteiger partial charge in [0.15, 0.2) is 11.5 Å². The van der Waals surface area contributed by atoms with Gasteiger partial charge in [-0.15, -0.1) is 0 Å². The second kappa shape index (κ2) is 10.6. The van der Waals surface area contributed by atoms with E-state index in [0.29, 0.717) is 11.8 Å². The first kappa shape index (κ1) is 26.5. The molecule has 1 N–H and O–H groups in total. The third-order valence-corrected chi connectivity index (χ3v) is 8.86. The quantitative estimate of drug-likeness (QED) is 0.163. The maximum Gasteiger partial charge on any atom is 0.527 e. The maximum absolute atomic E-state index is 12.8. The third kappa shape index (κ3) is 5.25. The number of hydrogen-bond donors (Lipinski definition) is 1. The Morgan fingerprint density at radius 1 is 1.00 bits per heavy atom. The summed E-state index contributed by atoms with van der Waals surface area (Å²) in [5.41, 5.74) is 1.84. The largest absolute Gasteiger partial charge is 0.527 e. The number of rotatable bonds is 10. The van der Waals surface area contributed by atoms with Crippen LogP contribution in [0.1, 0.15) is 43.2 Å². The van der Waals surface area contributed by atoms with E-state index in [1.165, 1.54) is 64.0 Å². The minimum absolute atomic E-state index is 0.0348. The van der Waals surface area contributed by atoms with E-state index in [1.54, 1.807) is 25.3 Å². The van der Waals surface area contributed by atoms with E-state index in [2.05, 4.69) is 0 Å². The van der Waals surface area contributed by atoms with E-state index in [1.807, 2.05) is 6.07 Å². The van der Waals surface area contributed by atoms with Gasteiger partial charge in [0.2, 0.25) is 0 Å². The Morgan fingerprint density at radius 3 is 2.21 bits per heavy atom. The Hall–Kier alpha value is -3.07. The van der Waals surface area contributed by atoms with Crippen molar-refractivity contribution in [3.63, 3.8) is 0 Å². The number of nitro groups is 1. The molecule has 0 amide bonds. The maximum atomic E-state index is 12.8. The van der Waals surface area contributed by atoms with Gasteiger partial charge in [0.25, 0.3) is 5.69 Å². The van der Waals surface area contributed by atoms with Gasteiger partial charge in [0.1, 0.15) is 11.5 Å². The lowest BCUT2D eigenvalue weighted by atomic mass is 9.54. The normalized spacial score (nSPS) is 25.0. The van der Waals surface area contributed by atoms with Crippen molar-refractivity contribution in [2.75, 3.05) is 21.3 Å². The van der Waals surface area contributed by atoms with Gasteiger partial charge < -0.3 is 18.7 Å². The molecule has 38 heavy (non-hydrogen) atoms. The fourth-order valence-electron chi connectivity index (χ4n) is 6.67. The van der Waals surface area contributed by atoms with Crippen LogP contribution in [0, 0.1) is 33.8 Å². The van der Waals surface area contributed by atoms with Crippen LogP contribution in [-0.2, 0) is 20.4 Å². The molecule has 0 saturated heterocycles. The molecule has 0 spiro atoms. The molecular weight excluding hydrogens is 513 g/mol. The van der Waals surface area contributed by atoms with Gasteiger partial charge in [-0.1, -0.05) is 12.1 Å². The Balaban J connectivity index is 1.34. The lowest BCUT2D eigenvalue weighted by Gasteiger charge is -2.51. The molecule has 1 unspecified atom stereocenters. The highest BCUT2D eigenvalue weighted by molar-refractivity contribution is 7.47. The second-order valence-electron chi connectivity index (χ2n) is 10.2. The van der Waals surface area contributed by atoms with Gasteiger partial charge in [-0.3, -0.25) is 19.5 Å². The van der Waals surface area contributed by atoms with Gasteiger partial charge in [0, 0.05) is 5.56 Å². The molecule has 2 aromatic rings. The Bertz CT molecular complexity index is 1280. The number of nitrogens with zero attached hydrogens (tertiary/aromatic N) is 1. The number of phosphoric ester groups is 1. The van der Waals surface area contributed by atoms with Crippen LogP contribution in [0.5, 0.6) is 17.2 Å². The summed E-state index contributed by atoms with van der Waals surface area (Å²) in [5, 5.41) is 11.5. The molecule has 10 nitrogen and oxygen atoms in total.